The molecule has 3 aromatic rings. The maximum absolute atomic E-state index is 5.10. The second kappa shape index (κ2) is 10.6. The van der Waals surface area contributed by atoms with Gasteiger partial charge < -0.3 is 10.1 Å². The van der Waals surface area contributed by atoms with Crippen LogP contribution < -0.4 is 5.32 Å². The highest BCUT2D eigenvalue weighted by molar-refractivity contribution is 5.59. The quantitative estimate of drug-likeness (QED) is 0.572. The lowest BCUT2D eigenvalue weighted by Gasteiger charge is -2.32. The zero-order valence-corrected chi connectivity index (χ0v) is 19.2. The van der Waals surface area contributed by atoms with Gasteiger partial charge in [-0.2, -0.15) is 0 Å². The van der Waals surface area contributed by atoms with Gasteiger partial charge in [0.1, 0.15) is 11.6 Å². The predicted molar refractivity (Wildman–Crippen MR) is 126 cm³/mol. The molecule has 0 bridgehead atoms. The molecule has 7 nitrogen and oxygen atoms in total. The van der Waals surface area contributed by atoms with Crippen LogP contribution in [0, 0.1) is 13.8 Å². The molecule has 1 aliphatic rings. The van der Waals surface area contributed by atoms with E-state index in [1.54, 1.807) is 7.11 Å². The van der Waals surface area contributed by atoms with Crippen LogP contribution in [-0.2, 0) is 17.7 Å². The number of nitrogens with one attached hydrogen (secondary N) is 1. The molecule has 4 heterocycles. The average Bonchev–Trinajstić information content (AvgIpc) is 2.80. The lowest BCUT2D eigenvalue weighted by atomic mass is 9.93. The van der Waals surface area contributed by atoms with Gasteiger partial charge in [0.25, 0.3) is 0 Å². The minimum atomic E-state index is 0.413. The fourth-order valence-corrected chi connectivity index (χ4v) is 4.21. The number of aromatic nitrogens is 4. The van der Waals surface area contributed by atoms with Gasteiger partial charge >= 0.3 is 0 Å². The number of methoxy groups -OCH3 is 1. The third-order valence-electron chi connectivity index (χ3n) is 5.86. The van der Waals surface area contributed by atoms with E-state index in [9.17, 15) is 0 Å². The SMILES string of the molecule is COCCc1ncc(CN2CCC[C@H](c3cc(Nc4ncccc4C)cc(C)n3)C2)cn1. The van der Waals surface area contributed by atoms with E-state index in [0.29, 0.717) is 12.5 Å². The molecule has 1 saturated heterocycles. The van der Waals surface area contributed by atoms with E-state index >= 15 is 0 Å². The average molecular weight is 433 g/mol. The van der Waals surface area contributed by atoms with Crippen LogP contribution in [0.3, 0.4) is 0 Å². The van der Waals surface area contributed by atoms with Gasteiger partial charge in [-0.3, -0.25) is 9.88 Å². The molecule has 0 unspecified atom stereocenters. The smallest absolute Gasteiger partial charge is 0.133 e. The number of piperidine rings is 1. The van der Waals surface area contributed by atoms with Gasteiger partial charge in [-0.25, -0.2) is 15.0 Å². The highest BCUT2D eigenvalue weighted by Gasteiger charge is 2.23. The molecule has 3 aromatic heterocycles. The molecule has 0 aromatic carbocycles. The lowest BCUT2D eigenvalue weighted by Crippen LogP contribution is -2.34. The number of hydrogen-bond acceptors (Lipinski definition) is 7. The molecule has 0 radical (unpaired) electrons. The molecule has 168 valence electrons. The molecular formula is C25H32N6O. The third-order valence-corrected chi connectivity index (χ3v) is 5.86. The van der Waals surface area contributed by atoms with Crippen molar-refractivity contribution in [1.29, 1.82) is 0 Å². The molecule has 1 atom stereocenters. The minimum Gasteiger partial charge on any atom is -0.384 e. The number of likely N-dealkylation sites (tertiary alicyclic amines) is 1. The highest BCUT2D eigenvalue weighted by atomic mass is 16.5. The number of pyridine rings is 2. The van der Waals surface area contributed by atoms with Gasteiger partial charge in [0.15, 0.2) is 0 Å². The van der Waals surface area contributed by atoms with Crippen molar-refractivity contribution in [3.63, 3.8) is 0 Å². The van der Waals surface area contributed by atoms with Crippen molar-refractivity contribution in [2.45, 2.75) is 45.6 Å². The summed E-state index contributed by atoms with van der Waals surface area (Å²) in [4.78, 5) is 20.8. The number of anilines is 2. The Balaban J connectivity index is 1.42. The Hall–Kier alpha value is -2.90. The van der Waals surface area contributed by atoms with Gasteiger partial charge in [-0.1, -0.05) is 6.07 Å². The molecule has 0 spiro atoms. The van der Waals surface area contributed by atoms with Crippen LogP contribution in [0.25, 0.3) is 0 Å². The number of aryl methyl sites for hydroxylation is 2. The molecule has 1 fully saturated rings. The zero-order valence-electron chi connectivity index (χ0n) is 19.2. The lowest BCUT2D eigenvalue weighted by molar-refractivity contribution is 0.197. The molecule has 32 heavy (non-hydrogen) atoms. The Kier molecular flexibility index (Phi) is 7.39. The Labute approximate surface area is 190 Å². The van der Waals surface area contributed by atoms with Crippen molar-refractivity contribution in [1.82, 2.24) is 24.8 Å². The molecule has 0 aliphatic carbocycles. The van der Waals surface area contributed by atoms with Crippen LogP contribution >= 0.6 is 0 Å². The van der Waals surface area contributed by atoms with E-state index in [0.717, 1.165) is 78.7 Å². The standard InChI is InChI=1S/C25H32N6O/c1-18-6-4-9-26-25(18)30-22-12-19(2)29-23(13-22)21-7-5-10-31(17-21)16-20-14-27-24(28-15-20)8-11-32-3/h4,6,9,12-15,21H,5,7-8,10-11,16-17H2,1-3H3,(H,26,29,30)/t21-/m0/s1. The first kappa shape index (κ1) is 22.3. The van der Waals surface area contributed by atoms with Crippen LogP contribution in [0.1, 0.15) is 47.1 Å². The van der Waals surface area contributed by atoms with Crippen molar-refractivity contribution in [2.75, 3.05) is 32.1 Å². The van der Waals surface area contributed by atoms with E-state index in [1.807, 2.05) is 24.7 Å². The zero-order chi connectivity index (χ0) is 22.3. The molecule has 4 rings (SSSR count). The van der Waals surface area contributed by atoms with Crippen LogP contribution in [0.2, 0.25) is 0 Å². The second-order valence-corrected chi connectivity index (χ2v) is 8.54. The van der Waals surface area contributed by atoms with E-state index in [4.69, 9.17) is 9.72 Å². The minimum absolute atomic E-state index is 0.413. The van der Waals surface area contributed by atoms with Gasteiger partial charge in [0, 0.05) is 73.8 Å². The summed E-state index contributed by atoms with van der Waals surface area (Å²) >= 11 is 0. The first-order valence-corrected chi connectivity index (χ1v) is 11.3. The fourth-order valence-electron chi connectivity index (χ4n) is 4.21. The molecular weight excluding hydrogens is 400 g/mol. The van der Waals surface area contributed by atoms with Crippen LogP contribution in [-0.4, -0.2) is 51.6 Å². The van der Waals surface area contributed by atoms with Crippen LogP contribution in [0.4, 0.5) is 11.5 Å². The van der Waals surface area contributed by atoms with Crippen LogP contribution in [0.15, 0.2) is 42.9 Å². The Morgan fingerprint density at radius 1 is 1.16 bits per heavy atom. The van der Waals surface area contributed by atoms with E-state index in [2.05, 4.69) is 57.2 Å². The van der Waals surface area contributed by atoms with Gasteiger partial charge in [0.05, 0.1) is 6.61 Å². The summed E-state index contributed by atoms with van der Waals surface area (Å²) in [5, 5.41) is 3.47. The maximum atomic E-state index is 5.10. The largest absolute Gasteiger partial charge is 0.384 e. The predicted octanol–water partition coefficient (Wildman–Crippen LogP) is 4.20. The Morgan fingerprint density at radius 3 is 2.78 bits per heavy atom. The number of hydrogen-bond donors (Lipinski definition) is 1. The summed E-state index contributed by atoms with van der Waals surface area (Å²) in [6.07, 6.45) is 8.78. The topological polar surface area (TPSA) is 76.1 Å². The normalized spacial score (nSPS) is 16.8. The van der Waals surface area contributed by atoms with Crippen molar-refractivity contribution in [2.24, 2.45) is 0 Å². The van der Waals surface area contributed by atoms with E-state index in [1.165, 1.54) is 0 Å². The molecule has 0 amide bonds. The van der Waals surface area contributed by atoms with Crippen LogP contribution in [0.5, 0.6) is 0 Å². The first-order chi connectivity index (χ1) is 15.6. The van der Waals surface area contributed by atoms with Crippen molar-refractivity contribution >= 4 is 11.5 Å². The molecule has 1 aliphatic heterocycles. The Morgan fingerprint density at radius 2 is 2.00 bits per heavy atom. The summed E-state index contributed by atoms with van der Waals surface area (Å²) in [7, 11) is 1.70. The summed E-state index contributed by atoms with van der Waals surface area (Å²) in [5.74, 6) is 2.14. The number of rotatable bonds is 8. The summed E-state index contributed by atoms with van der Waals surface area (Å²) in [6, 6.07) is 8.29. The summed E-state index contributed by atoms with van der Waals surface area (Å²) < 4.78 is 5.10. The maximum Gasteiger partial charge on any atom is 0.133 e. The van der Waals surface area contributed by atoms with E-state index < -0.39 is 0 Å². The molecule has 7 heteroatoms. The fraction of sp³-hybridized carbons (Fsp3) is 0.440. The monoisotopic (exact) mass is 432 g/mol. The number of nitrogens with zero attached hydrogens (tertiary/aromatic N) is 5. The highest BCUT2D eigenvalue weighted by Crippen LogP contribution is 2.29. The second-order valence-electron chi connectivity index (χ2n) is 8.54. The van der Waals surface area contributed by atoms with Gasteiger partial charge in [0.2, 0.25) is 0 Å². The van der Waals surface area contributed by atoms with E-state index in [-0.39, 0.29) is 0 Å². The van der Waals surface area contributed by atoms with Gasteiger partial charge in [-0.05, 0) is 57.0 Å². The van der Waals surface area contributed by atoms with Crippen molar-refractivity contribution in [3.8, 4) is 0 Å². The number of ether oxygens (including phenoxy) is 1. The first-order valence-electron chi connectivity index (χ1n) is 11.3. The summed E-state index contributed by atoms with van der Waals surface area (Å²) in [6.45, 7) is 7.72. The molecule has 0 saturated carbocycles. The van der Waals surface area contributed by atoms with Gasteiger partial charge in [-0.15, -0.1) is 0 Å². The molecule has 1 N–H and O–H groups in total. The van der Waals surface area contributed by atoms with Crippen molar-refractivity contribution < 1.29 is 4.74 Å². The Bertz CT molecular complexity index is 1020. The summed E-state index contributed by atoms with van der Waals surface area (Å²) in [5.41, 5.74) is 5.50. The third kappa shape index (κ3) is 5.87. The van der Waals surface area contributed by atoms with Crippen molar-refractivity contribution in [3.05, 3.63) is 71.2 Å².